The van der Waals surface area contributed by atoms with Crippen LogP contribution in [0.4, 0.5) is 19.0 Å². The molecule has 2 aliphatic carbocycles. The monoisotopic (exact) mass is 467 g/mol. The van der Waals surface area contributed by atoms with Crippen LogP contribution in [0.1, 0.15) is 32.3 Å². The summed E-state index contributed by atoms with van der Waals surface area (Å²) in [5.41, 5.74) is 7.09. The maximum absolute atomic E-state index is 14.0. The molecule has 3 fully saturated rings. The van der Waals surface area contributed by atoms with Crippen LogP contribution in [-0.4, -0.2) is 66.8 Å². The molecular formula is C23H32F3N5O2. The number of nitrogen functional groups attached to an aromatic ring is 1. The Labute approximate surface area is 192 Å². The second-order valence-electron chi connectivity index (χ2n) is 9.44. The summed E-state index contributed by atoms with van der Waals surface area (Å²) in [6.07, 6.45) is 4.21. The SMILES string of the molecule is CC(C)N/C(=C\C(=N)c1cnc(N)c(OC(F)F)c1)[C@H]1[C@@H]2CC(N3CCOCC(F)C3)C[C@@H]21. The minimum atomic E-state index is -3.02. The van der Waals surface area contributed by atoms with Crippen LogP contribution in [0.15, 0.2) is 24.0 Å². The van der Waals surface area contributed by atoms with Crippen LogP contribution in [0.2, 0.25) is 0 Å². The third-order valence-corrected chi connectivity index (χ3v) is 6.71. The average Bonchev–Trinajstić information content (AvgIpc) is 3.32. The van der Waals surface area contributed by atoms with Gasteiger partial charge in [0.15, 0.2) is 11.6 Å². The van der Waals surface area contributed by atoms with Gasteiger partial charge in [0.05, 0.1) is 18.9 Å². The Kier molecular flexibility index (Phi) is 7.13. The Morgan fingerprint density at radius 2 is 2.09 bits per heavy atom. The number of halogens is 3. The summed E-state index contributed by atoms with van der Waals surface area (Å²) in [6, 6.07) is 1.86. The molecule has 4 N–H and O–H groups in total. The van der Waals surface area contributed by atoms with Crippen molar-refractivity contribution in [2.75, 3.05) is 32.0 Å². The van der Waals surface area contributed by atoms with Gasteiger partial charge in [0.25, 0.3) is 0 Å². The molecule has 0 amide bonds. The molecule has 1 aromatic rings. The highest BCUT2D eigenvalue weighted by atomic mass is 19.3. The van der Waals surface area contributed by atoms with Gasteiger partial charge < -0.3 is 25.9 Å². The van der Waals surface area contributed by atoms with Crippen molar-refractivity contribution in [2.45, 2.75) is 51.6 Å². The third kappa shape index (κ3) is 5.60. The lowest BCUT2D eigenvalue weighted by molar-refractivity contribution is -0.0495. The number of aromatic nitrogens is 1. The molecule has 2 unspecified atom stereocenters. The van der Waals surface area contributed by atoms with Crippen molar-refractivity contribution in [1.29, 1.82) is 5.41 Å². The molecule has 1 aromatic heterocycles. The number of alkyl halides is 3. The molecule has 0 aromatic carbocycles. The van der Waals surface area contributed by atoms with E-state index in [4.69, 9.17) is 15.9 Å². The van der Waals surface area contributed by atoms with E-state index in [1.807, 2.05) is 13.8 Å². The first-order valence-corrected chi connectivity index (χ1v) is 11.5. The second kappa shape index (κ2) is 9.89. The molecule has 7 nitrogen and oxygen atoms in total. The first-order chi connectivity index (χ1) is 15.7. The Morgan fingerprint density at radius 3 is 2.76 bits per heavy atom. The van der Waals surface area contributed by atoms with E-state index >= 15 is 0 Å². The Hall–Kier alpha value is -2.33. The van der Waals surface area contributed by atoms with Crippen LogP contribution in [0, 0.1) is 23.2 Å². The summed E-state index contributed by atoms with van der Waals surface area (Å²) in [6.45, 7) is 3.00. The van der Waals surface area contributed by atoms with E-state index in [0.717, 1.165) is 25.1 Å². The van der Waals surface area contributed by atoms with Gasteiger partial charge in [-0.15, -0.1) is 0 Å². The molecule has 5 atom stereocenters. The van der Waals surface area contributed by atoms with Gasteiger partial charge in [-0.2, -0.15) is 8.78 Å². The summed E-state index contributed by atoms with van der Waals surface area (Å²) in [5.74, 6) is 0.910. The van der Waals surface area contributed by atoms with Crippen LogP contribution < -0.4 is 15.8 Å². The zero-order chi connectivity index (χ0) is 23.7. The first kappa shape index (κ1) is 23.8. The number of allylic oxidation sites excluding steroid dienone is 2. The van der Waals surface area contributed by atoms with E-state index in [1.54, 1.807) is 6.08 Å². The van der Waals surface area contributed by atoms with Crippen LogP contribution >= 0.6 is 0 Å². The zero-order valence-corrected chi connectivity index (χ0v) is 18.9. The topological polar surface area (TPSA) is 96.5 Å². The fraction of sp³-hybridized carbons (Fsp3) is 0.652. The fourth-order valence-corrected chi connectivity index (χ4v) is 5.29. The van der Waals surface area contributed by atoms with Gasteiger partial charge in [-0.1, -0.05) is 0 Å². The number of anilines is 1. The van der Waals surface area contributed by atoms with E-state index in [9.17, 15) is 13.2 Å². The molecule has 0 bridgehead atoms. The van der Waals surface area contributed by atoms with Crippen molar-refractivity contribution in [3.05, 3.63) is 29.6 Å². The predicted octanol–water partition coefficient (Wildman–Crippen LogP) is 3.21. The van der Waals surface area contributed by atoms with Gasteiger partial charge in [0.2, 0.25) is 0 Å². The Bertz CT molecular complexity index is 885. The summed E-state index contributed by atoms with van der Waals surface area (Å²) >= 11 is 0. The van der Waals surface area contributed by atoms with Crippen LogP contribution in [0.3, 0.4) is 0 Å². The van der Waals surface area contributed by atoms with Crippen molar-refractivity contribution in [3.8, 4) is 5.75 Å². The summed E-state index contributed by atoms with van der Waals surface area (Å²) in [4.78, 5) is 6.13. The van der Waals surface area contributed by atoms with Gasteiger partial charge in [-0.25, -0.2) is 9.37 Å². The van der Waals surface area contributed by atoms with E-state index < -0.39 is 12.8 Å². The largest absolute Gasteiger partial charge is 0.431 e. The molecule has 33 heavy (non-hydrogen) atoms. The van der Waals surface area contributed by atoms with Crippen molar-refractivity contribution in [1.82, 2.24) is 15.2 Å². The number of pyridine rings is 1. The quantitative estimate of drug-likeness (QED) is 0.508. The molecular weight excluding hydrogens is 435 g/mol. The molecule has 3 aliphatic rings. The molecule has 182 valence electrons. The van der Waals surface area contributed by atoms with Crippen molar-refractivity contribution in [2.24, 2.45) is 17.8 Å². The summed E-state index contributed by atoms with van der Waals surface area (Å²) in [7, 11) is 0. The minimum Gasteiger partial charge on any atom is -0.431 e. The number of nitrogens with one attached hydrogen (secondary N) is 2. The highest BCUT2D eigenvalue weighted by molar-refractivity contribution is 6.07. The van der Waals surface area contributed by atoms with Crippen molar-refractivity contribution in [3.63, 3.8) is 0 Å². The van der Waals surface area contributed by atoms with Crippen LogP contribution in [0.5, 0.6) is 5.75 Å². The maximum atomic E-state index is 14.0. The lowest BCUT2D eigenvalue weighted by atomic mass is 10.0. The molecule has 2 saturated carbocycles. The van der Waals surface area contributed by atoms with Crippen LogP contribution in [-0.2, 0) is 4.74 Å². The van der Waals surface area contributed by atoms with Gasteiger partial charge in [0, 0.05) is 48.5 Å². The van der Waals surface area contributed by atoms with Gasteiger partial charge in [-0.3, -0.25) is 4.90 Å². The van der Waals surface area contributed by atoms with Crippen molar-refractivity contribution >= 4 is 11.5 Å². The van der Waals surface area contributed by atoms with Gasteiger partial charge in [-0.05, 0) is 50.7 Å². The number of hydrogen-bond acceptors (Lipinski definition) is 7. The standard InChI is InChI=1S/C23H32F3N5O2/c1-12(2)30-19(8-18(27)13-5-20(33-23(25)26)22(28)29-9-13)21-16-6-15(7-17(16)21)31-3-4-32-11-14(24)10-31/h5,8-9,12,14-17,21,23,27,30H,3-4,6-7,10-11H2,1-2H3,(H2,28,29)/b19-8-,27-18?/t14?,15?,16-,17+,21+. The van der Waals surface area contributed by atoms with Crippen molar-refractivity contribution < 1.29 is 22.6 Å². The lowest BCUT2D eigenvalue weighted by Gasteiger charge is -2.29. The molecule has 2 heterocycles. The van der Waals surface area contributed by atoms with E-state index in [0.29, 0.717) is 42.5 Å². The normalized spacial score (nSPS) is 30.3. The lowest BCUT2D eigenvalue weighted by Crippen LogP contribution is -2.39. The summed E-state index contributed by atoms with van der Waals surface area (Å²) in [5, 5.41) is 12.0. The number of fused-ring (bicyclic) bond motifs is 1. The Morgan fingerprint density at radius 1 is 1.36 bits per heavy atom. The molecule has 1 saturated heterocycles. The second-order valence-corrected chi connectivity index (χ2v) is 9.44. The van der Waals surface area contributed by atoms with E-state index in [1.165, 1.54) is 12.3 Å². The third-order valence-electron chi connectivity index (χ3n) is 6.71. The number of rotatable bonds is 8. The molecule has 0 radical (unpaired) electrons. The predicted molar refractivity (Wildman–Crippen MR) is 119 cm³/mol. The molecule has 1 aliphatic heterocycles. The highest BCUT2D eigenvalue weighted by Crippen LogP contribution is 2.61. The average molecular weight is 468 g/mol. The number of hydrogen-bond donors (Lipinski definition) is 3. The molecule has 4 rings (SSSR count). The minimum absolute atomic E-state index is 0.145. The van der Waals surface area contributed by atoms with E-state index in [2.05, 4.69) is 19.9 Å². The maximum Gasteiger partial charge on any atom is 0.387 e. The smallest absolute Gasteiger partial charge is 0.387 e. The zero-order valence-electron chi connectivity index (χ0n) is 18.9. The number of nitrogens with two attached hydrogens (primary N) is 1. The van der Waals surface area contributed by atoms with Gasteiger partial charge in [0.1, 0.15) is 6.17 Å². The number of ether oxygens (including phenoxy) is 2. The number of nitrogens with zero attached hydrogens (tertiary/aromatic N) is 2. The highest BCUT2D eigenvalue weighted by Gasteiger charge is 2.58. The van der Waals surface area contributed by atoms with E-state index in [-0.39, 0.29) is 29.9 Å². The molecule has 10 heteroatoms. The van der Waals surface area contributed by atoms with Gasteiger partial charge >= 0.3 is 6.61 Å². The fourth-order valence-electron chi connectivity index (χ4n) is 5.29. The summed E-state index contributed by atoms with van der Waals surface area (Å²) < 4.78 is 49.0. The van der Waals surface area contributed by atoms with Crippen LogP contribution in [0.25, 0.3) is 0 Å². The first-order valence-electron chi connectivity index (χ1n) is 11.5. The molecule has 0 spiro atoms. The Balaban J connectivity index is 1.45.